The molecule has 2 aromatic carbocycles. The van der Waals surface area contributed by atoms with Crippen LogP contribution in [-0.2, 0) is 4.79 Å². The molecular weight excluding hydrogens is 368 g/mol. The first-order chi connectivity index (χ1) is 13.5. The van der Waals surface area contributed by atoms with E-state index in [9.17, 15) is 13.6 Å². The van der Waals surface area contributed by atoms with Gasteiger partial charge in [-0.1, -0.05) is 12.1 Å². The number of hydrogen-bond donors (Lipinski definition) is 1. The molecule has 1 atom stereocenters. The molecule has 1 amide bonds. The highest BCUT2D eigenvalue weighted by atomic mass is 19.1. The van der Waals surface area contributed by atoms with Gasteiger partial charge < -0.3 is 14.8 Å². The van der Waals surface area contributed by atoms with Crippen LogP contribution in [0.15, 0.2) is 42.7 Å². The fourth-order valence-electron chi connectivity index (χ4n) is 3.52. The van der Waals surface area contributed by atoms with Crippen LogP contribution in [0.5, 0.6) is 11.5 Å². The molecule has 0 radical (unpaired) electrons. The monoisotopic (exact) mass is 385 g/mol. The number of anilines is 1. The third kappa shape index (κ3) is 2.96. The lowest BCUT2D eigenvalue weighted by Crippen LogP contribution is -2.25. The molecule has 0 bridgehead atoms. The Labute approximate surface area is 159 Å². The highest BCUT2D eigenvalue weighted by Crippen LogP contribution is 2.43. The normalized spacial score (nSPS) is 15.7. The lowest BCUT2D eigenvalue weighted by Gasteiger charge is -2.25. The van der Waals surface area contributed by atoms with Crippen molar-refractivity contribution in [2.24, 2.45) is 0 Å². The molecule has 1 N–H and O–H groups in total. The molecule has 0 saturated carbocycles. The zero-order valence-corrected chi connectivity index (χ0v) is 15.2. The molecule has 1 aliphatic rings. The number of ether oxygens (including phenoxy) is 2. The Morgan fingerprint density at radius 2 is 1.89 bits per heavy atom. The van der Waals surface area contributed by atoms with Gasteiger partial charge in [0.25, 0.3) is 0 Å². The summed E-state index contributed by atoms with van der Waals surface area (Å²) in [6.07, 6.45) is 1.59. The summed E-state index contributed by atoms with van der Waals surface area (Å²) in [6, 6.07) is 8.55. The van der Waals surface area contributed by atoms with E-state index in [1.165, 1.54) is 37.2 Å². The second-order valence-corrected chi connectivity index (χ2v) is 6.36. The molecule has 1 aliphatic heterocycles. The van der Waals surface area contributed by atoms with Crippen molar-refractivity contribution in [1.29, 1.82) is 0 Å². The van der Waals surface area contributed by atoms with Crippen molar-refractivity contribution in [2.45, 2.75) is 12.3 Å². The van der Waals surface area contributed by atoms with Crippen LogP contribution >= 0.6 is 0 Å². The predicted octanol–water partition coefficient (Wildman–Crippen LogP) is 3.64. The molecule has 0 aliphatic carbocycles. The number of fused-ring (bicyclic) bond motifs is 1. The standard InChI is InChI=1S/C20H17F2N3O3/c1-27-16-5-3-4-14(19(16)28-2)15-9-17(26)24-20-18(15)23-10-25(20)13-7-11(21)6-12(22)8-13/h3-8,10,15H,9H2,1-2H3,(H,24,26)/t15-/m0/s1. The second kappa shape index (κ2) is 6.95. The van der Waals surface area contributed by atoms with Gasteiger partial charge in [0, 0.05) is 24.0 Å². The number of nitrogens with one attached hydrogen (secondary N) is 1. The van der Waals surface area contributed by atoms with Gasteiger partial charge in [-0.25, -0.2) is 13.8 Å². The number of nitrogens with zero attached hydrogens (tertiary/aromatic N) is 2. The quantitative estimate of drug-likeness (QED) is 0.745. The molecule has 4 rings (SSSR count). The largest absolute Gasteiger partial charge is 0.493 e. The first-order valence-corrected chi connectivity index (χ1v) is 8.56. The average Bonchev–Trinajstić information content (AvgIpc) is 3.09. The van der Waals surface area contributed by atoms with Crippen LogP contribution in [-0.4, -0.2) is 29.7 Å². The minimum Gasteiger partial charge on any atom is -0.493 e. The van der Waals surface area contributed by atoms with Crippen LogP contribution in [0.4, 0.5) is 14.6 Å². The zero-order chi connectivity index (χ0) is 19.8. The fraction of sp³-hybridized carbons (Fsp3) is 0.200. The summed E-state index contributed by atoms with van der Waals surface area (Å²) in [5, 5.41) is 2.76. The maximum atomic E-state index is 13.7. The molecule has 0 fully saturated rings. The highest BCUT2D eigenvalue weighted by Gasteiger charge is 2.33. The van der Waals surface area contributed by atoms with Crippen molar-refractivity contribution < 1.29 is 23.0 Å². The van der Waals surface area contributed by atoms with Gasteiger partial charge in [0.05, 0.1) is 25.6 Å². The maximum absolute atomic E-state index is 13.7. The predicted molar refractivity (Wildman–Crippen MR) is 98.1 cm³/mol. The van der Waals surface area contributed by atoms with Crippen molar-refractivity contribution in [3.05, 3.63) is 65.6 Å². The molecule has 3 aromatic rings. The zero-order valence-electron chi connectivity index (χ0n) is 15.2. The number of halogens is 2. The Hall–Kier alpha value is -3.42. The van der Waals surface area contributed by atoms with E-state index in [1.54, 1.807) is 6.07 Å². The first kappa shape index (κ1) is 18.0. The van der Waals surface area contributed by atoms with Crippen molar-refractivity contribution in [3.8, 4) is 17.2 Å². The number of methoxy groups -OCH3 is 2. The fourth-order valence-corrected chi connectivity index (χ4v) is 3.52. The Balaban J connectivity index is 1.86. The van der Waals surface area contributed by atoms with Gasteiger partial charge in [0.15, 0.2) is 11.5 Å². The molecule has 28 heavy (non-hydrogen) atoms. The van der Waals surface area contributed by atoms with Crippen molar-refractivity contribution in [2.75, 3.05) is 19.5 Å². The average molecular weight is 385 g/mol. The third-order valence-electron chi connectivity index (χ3n) is 4.71. The van der Waals surface area contributed by atoms with Gasteiger partial charge >= 0.3 is 0 Å². The minimum atomic E-state index is -0.717. The van der Waals surface area contributed by atoms with Crippen molar-refractivity contribution in [3.63, 3.8) is 0 Å². The van der Waals surface area contributed by atoms with Gasteiger partial charge in [-0.05, 0) is 18.2 Å². The van der Waals surface area contributed by atoms with Crippen LogP contribution < -0.4 is 14.8 Å². The smallest absolute Gasteiger partial charge is 0.226 e. The van der Waals surface area contributed by atoms with E-state index in [0.717, 1.165) is 11.6 Å². The van der Waals surface area contributed by atoms with E-state index < -0.39 is 17.6 Å². The number of carbonyl (C=O) groups excluding carboxylic acids is 1. The molecule has 8 heteroatoms. The topological polar surface area (TPSA) is 65.4 Å². The molecule has 144 valence electrons. The second-order valence-electron chi connectivity index (χ2n) is 6.36. The molecule has 1 aromatic heterocycles. The lowest BCUT2D eigenvalue weighted by atomic mass is 9.89. The van der Waals surface area contributed by atoms with E-state index >= 15 is 0 Å². The number of imidazole rings is 1. The van der Waals surface area contributed by atoms with E-state index in [2.05, 4.69) is 10.3 Å². The highest BCUT2D eigenvalue weighted by molar-refractivity contribution is 5.94. The summed E-state index contributed by atoms with van der Waals surface area (Å²) < 4.78 is 39.6. The van der Waals surface area contributed by atoms with Crippen LogP contribution in [0.25, 0.3) is 5.69 Å². The Morgan fingerprint density at radius 3 is 2.57 bits per heavy atom. The van der Waals surface area contributed by atoms with Crippen molar-refractivity contribution in [1.82, 2.24) is 9.55 Å². The molecule has 0 unspecified atom stereocenters. The van der Waals surface area contributed by atoms with Crippen LogP contribution in [0.3, 0.4) is 0 Å². The number of aromatic nitrogens is 2. The van der Waals surface area contributed by atoms with Crippen LogP contribution in [0.2, 0.25) is 0 Å². The van der Waals surface area contributed by atoms with Gasteiger partial charge in [-0.2, -0.15) is 0 Å². The number of hydrogen-bond acceptors (Lipinski definition) is 4. The molecular formula is C20H17F2N3O3. The Bertz CT molecular complexity index is 1040. The molecule has 0 saturated heterocycles. The van der Waals surface area contributed by atoms with E-state index in [0.29, 0.717) is 23.0 Å². The maximum Gasteiger partial charge on any atom is 0.226 e. The van der Waals surface area contributed by atoms with Crippen LogP contribution in [0, 0.1) is 11.6 Å². The minimum absolute atomic E-state index is 0.158. The number of carbonyl (C=O) groups is 1. The lowest BCUT2D eigenvalue weighted by molar-refractivity contribution is -0.116. The van der Waals surface area contributed by atoms with Crippen LogP contribution in [0.1, 0.15) is 23.6 Å². The summed E-state index contributed by atoms with van der Waals surface area (Å²) in [5.41, 5.74) is 1.55. The van der Waals surface area contributed by atoms with E-state index in [4.69, 9.17) is 9.47 Å². The molecule has 0 spiro atoms. The van der Waals surface area contributed by atoms with Gasteiger partial charge in [-0.15, -0.1) is 0 Å². The molecule has 2 heterocycles. The SMILES string of the molecule is COc1cccc([C@@H]2CC(=O)Nc3c2ncn3-c2cc(F)cc(F)c2)c1OC. The van der Waals surface area contributed by atoms with Crippen molar-refractivity contribution >= 4 is 11.7 Å². The summed E-state index contributed by atoms with van der Waals surface area (Å²) >= 11 is 0. The Morgan fingerprint density at radius 1 is 1.14 bits per heavy atom. The van der Waals surface area contributed by atoms with E-state index in [1.807, 2.05) is 12.1 Å². The summed E-state index contributed by atoms with van der Waals surface area (Å²) in [5.74, 6) is -0.636. The molecule has 6 nitrogen and oxygen atoms in total. The van der Waals surface area contributed by atoms with Gasteiger partial charge in [0.1, 0.15) is 23.8 Å². The Kier molecular flexibility index (Phi) is 4.46. The van der Waals surface area contributed by atoms with Gasteiger partial charge in [0.2, 0.25) is 5.91 Å². The number of rotatable bonds is 4. The van der Waals surface area contributed by atoms with E-state index in [-0.39, 0.29) is 18.0 Å². The van der Waals surface area contributed by atoms with Gasteiger partial charge in [-0.3, -0.25) is 9.36 Å². The summed E-state index contributed by atoms with van der Waals surface area (Å²) in [6.45, 7) is 0. The number of benzene rings is 2. The summed E-state index contributed by atoms with van der Waals surface area (Å²) in [7, 11) is 3.06. The number of para-hydroxylation sites is 1. The first-order valence-electron chi connectivity index (χ1n) is 8.56. The third-order valence-corrected chi connectivity index (χ3v) is 4.71. The number of amides is 1. The summed E-state index contributed by atoms with van der Waals surface area (Å²) in [4.78, 5) is 16.8.